The Kier molecular flexibility index (Phi) is 3.75. The topological polar surface area (TPSA) is 70.2 Å². The number of aromatic nitrogens is 2. The molecule has 94 valence electrons. The Bertz CT molecular complexity index is 366. The number of amides is 1. The summed E-state index contributed by atoms with van der Waals surface area (Å²) in [5.41, 5.74) is 0. The van der Waals surface area contributed by atoms with E-state index in [1.807, 2.05) is 0 Å². The highest BCUT2D eigenvalue weighted by Crippen LogP contribution is 2.12. The molecule has 0 bridgehead atoms. The molecule has 1 aliphatic rings. The Labute approximate surface area is 100 Å². The minimum Gasteiger partial charge on any atom is -0.380 e. The van der Waals surface area contributed by atoms with Crippen LogP contribution in [0.3, 0.4) is 0 Å². The van der Waals surface area contributed by atoms with Gasteiger partial charge in [-0.15, -0.1) is 0 Å². The molecule has 0 aliphatic carbocycles. The smallest absolute Gasteiger partial charge is 0.239 e. The normalized spacial score (nSPS) is 23.9. The lowest BCUT2D eigenvalue weighted by Gasteiger charge is -2.20. The van der Waals surface area contributed by atoms with E-state index in [0.29, 0.717) is 6.54 Å². The molecule has 2 heterocycles. The zero-order valence-electron chi connectivity index (χ0n) is 10.1. The average Bonchev–Trinajstić information content (AvgIpc) is 2.98. The van der Waals surface area contributed by atoms with E-state index in [2.05, 4.69) is 15.3 Å². The lowest BCUT2D eigenvalue weighted by Crippen LogP contribution is -2.41. The number of hydrogen-bond acceptors (Lipinski definition) is 4. The number of H-pyrrole nitrogens is 1. The third kappa shape index (κ3) is 2.83. The molecule has 1 saturated heterocycles. The molecule has 1 amide bonds. The van der Waals surface area contributed by atoms with Crippen LogP contribution in [0.25, 0.3) is 0 Å². The summed E-state index contributed by atoms with van der Waals surface area (Å²) in [4.78, 5) is 20.9. The van der Waals surface area contributed by atoms with Crippen molar-refractivity contribution < 1.29 is 9.53 Å². The Balaban J connectivity index is 1.87. The molecule has 1 aromatic heterocycles. The van der Waals surface area contributed by atoms with Crippen molar-refractivity contribution in [3.8, 4) is 0 Å². The molecule has 0 aromatic carbocycles. The first-order valence-electron chi connectivity index (χ1n) is 5.70. The molecule has 2 atom stereocenters. The van der Waals surface area contributed by atoms with Crippen molar-refractivity contribution in [3.05, 3.63) is 18.2 Å². The third-order valence-corrected chi connectivity index (χ3v) is 3.04. The SMILES string of the molecule is COC1CNC(C(=O)N(C)Cc2ncc[nH]2)C1. The quantitative estimate of drug-likeness (QED) is 0.758. The van der Waals surface area contributed by atoms with Gasteiger partial charge >= 0.3 is 0 Å². The predicted molar refractivity (Wildman–Crippen MR) is 62.3 cm³/mol. The molecule has 2 rings (SSSR count). The molecular weight excluding hydrogens is 220 g/mol. The number of rotatable bonds is 4. The van der Waals surface area contributed by atoms with Gasteiger partial charge in [-0.25, -0.2) is 4.98 Å². The zero-order valence-corrected chi connectivity index (χ0v) is 10.1. The Morgan fingerprint density at radius 3 is 3.12 bits per heavy atom. The minimum atomic E-state index is -0.139. The summed E-state index contributed by atoms with van der Waals surface area (Å²) in [6, 6.07) is -0.139. The summed E-state index contributed by atoms with van der Waals surface area (Å²) < 4.78 is 5.23. The Morgan fingerprint density at radius 1 is 1.71 bits per heavy atom. The molecule has 1 aliphatic heterocycles. The molecule has 1 fully saturated rings. The van der Waals surface area contributed by atoms with Gasteiger partial charge in [-0.05, 0) is 6.42 Å². The first-order chi connectivity index (χ1) is 8.20. The molecule has 6 heteroatoms. The number of aromatic amines is 1. The number of imidazole rings is 1. The van der Waals surface area contributed by atoms with Gasteiger partial charge in [-0.2, -0.15) is 0 Å². The van der Waals surface area contributed by atoms with E-state index in [9.17, 15) is 4.79 Å². The van der Waals surface area contributed by atoms with Gasteiger partial charge in [0, 0.05) is 33.1 Å². The van der Waals surface area contributed by atoms with Crippen molar-refractivity contribution in [2.24, 2.45) is 0 Å². The first kappa shape index (κ1) is 12.1. The average molecular weight is 238 g/mol. The van der Waals surface area contributed by atoms with Crippen LogP contribution >= 0.6 is 0 Å². The van der Waals surface area contributed by atoms with Gasteiger partial charge in [0.2, 0.25) is 5.91 Å². The number of ether oxygens (including phenoxy) is 1. The molecular formula is C11H18N4O2. The number of nitrogens with one attached hydrogen (secondary N) is 2. The van der Waals surface area contributed by atoms with Crippen molar-refractivity contribution >= 4 is 5.91 Å². The van der Waals surface area contributed by atoms with E-state index < -0.39 is 0 Å². The van der Waals surface area contributed by atoms with Crippen LogP contribution in [0.1, 0.15) is 12.2 Å². The van der Waals surface area contributed by atoms with Gasteiger partial charge in [-0.1, -0.05) is 0 Å². The number of methoxy groups -OCH3 is 1. The van der Waals surface area contributed by atoms with E-state index in [0.717, 1.165) is 18.8 Å². The van der Waals surface area contributed by atoms with Crippen molar-refractivity contribution in [2.75, 3.05) is 20.7 Å². The summed E-state index contributed by atoms with van der Waals surface area (Å²) in [6.07, 6.45) is 4.31. The number of nitrogens with zero attached hydrogens (tertiary/aromatic N) is 2. The third-order valence-electron chi connectivity index (χ3n) is 3.04. The van der Waals surface area contributed by atoms with Gasteiger partial charge in [0.25, 0.3) is 0 Å². The summed E-state index contributed by atoms with van der Waals surface area (Å²) >= 11 is 0. The Morgan fingerprint density at radius 2 is 2.53 bits per heavy atom. The van der Waals surface area contributed by atoms with Crippen LogP contribution in [-0.2, 0) is 16.1 Å². The summed E-state index contributed by atoms with van der Waals surface area (Å²) in [6.45, 7) is 1.24. The van der Waals surface area contributed by atoms with Gasteiger partial charge in [0.1, 0.15) is 5.82 Å². The maximum atomic E-state index is 12.1. The lowest BCUT2D eigenvalue weighted by atomic mass is 10.2. The molecule has 17 heavy (non-hydrogen) atoms. The second-order valence-corrected chi connectivity index (χ2v) is 4.28. The fourth-order valence-electron chi connectivity index (χ4n) is 2.02. The maximum absolute atomic E-state index is 12.1. The van der Waals surface area contributed by atoms with E-state index in [1.165, 1.54) is 0 Å². The van der Waals surface area contributed by atoms with Crippen LogP contribution in [0, 0.1) is 0 Å². The molecule has 0 spiro atoms. The number of likely N-dealkylation sites (N-methyl/N-ethyl adjacent to an activating group) is 1. The fraction of sp³-hybridized carbons (Fsp3) is 0.636. The molecule has 2 N–H and O–H groups in total. The van der Waals surface area contributed by atoms with E-state index in [1.54, 1.807) is 31.5 Å². The van der Waals surface area contributed by atoms with Crippen LogP contribution in [0.4, 0.5) is 0 Å². The molecule has 6 nitrogen and oxygen atoms in total. The van der Waals surface area contributed by atoms with Crippen LogP contribution in [0.15, 0.2) is 12.4 Å². The number of carbonyl (C=O) groups excluding carboxylic acids is 1. The van der Waals surface area contributed by atoms with Crippen molar-refractivity contribution in [1.29, 1.82) is 0 Å². The van der Waals surface area contributed by atoms with E-state index >= 15 is 0 Å². The number of hydrogen-bond donors (Lipinski definition) is 2. The molecule has 2 unspecified atom stereocenters. The van der Waals surface area contributed by atoms with Crippen molar-refractivity contribution in [1.82, 2.24) is 20.2 Å². The van der Waals surface area contributed by atoms with Crippen molar-refractivity contribution in [2.45, 2.75) is 25.1 Å². The van der Waals surface area contributed by atoms with Crippen LogP contribution < -0.4 is 5.32 Å². The monoisotopic (exact) mass is 238 g/mol. The van der Waals surface area contributed by atoms with Crippen molar-refractivity contribution in [3.63, 3.8) is 0 Å². The second-order valence-electron chi connectivity index (χ2n) is 4.28. The minimum absolute atomic E-state index is 0.0842. The van der Waals surface area contributed by atoms with Gasteiger partial charge in [-0.3, -0.25) is 4.79 Å². The summed E-state index contributed by atoms with van der Waals surface area (Å²) in [5, 5.41) is 3.17. The van der Waals surface area contributed by atoms with Crippen LogP contribution in [0.5, 0.6) is 0 Å². The summed E-state index contributed by atoms with van der Waals surface area (Å²) in [7, 11) is 3.46. The first-order valence-corrected chi connectivity index (χ1v) is 5.70. The van der Waals surface area contributed by atoms with E-state index in [4.69, 9.17) is 4.74 Å². The van der Waals surface area contributed by atoms with Gasteiger partial charge < -0.3 is 19.9 Å². The standard InChI is InChI=1S/C11H18N4O2/c1-15(7-10-12-3-4-13-10)11(16)9-5-8(17-2)6-14-9/h3-4,8-9,14H,5-7H2,1-2H3,(H,12,13). The lowest BCUT2D eigenvalue weighted by molar-refractivity contribution is -0.132. The maximum Gasteiger partial charge on any atom is 0.239 e. The van der Waals surface area contributed by atoms with Crippen LogP contribution in [-0.4, -0.2) is 53.6 Å². The molecule has 0 saturated carbocycles. The molecule has 0 radical (unpaired) electrons. The highest BCUT2D eigenvalue weighted by atomic mass is 16.5. The second kappa shape index (κ2) is 5.29. The number of carbonyl (C=O) groups is 1. The summed E-state index contributed by atoms with van der Waals surface area (Å²) in [5.74, 6) is 0.878. The largest absolute Gasteiger partial charge is 0.380 e. The zero-order chi connectivity index (χ0) is 12.3. The van der Waals surface area contributed by atoms with Gasteiger partial charge in [0.05, 0.1) is 18.7 Å². The fourth-order valence-corrected chi connectivity index (χ4v) is 2.02. The Hall–Kier alpha value is -1.40. The predicted octanol–water partition coefficient (Wildman–Crippen LogP) is -0.255. The van der Waals surface area contributed by atoms with Crippen LogP contribution in [0.2, 0.25) is 0 Å². The van der Waals surface area contributed by atoms with Gasteiger partial charge in [0.15, 0.2) is 0 Å². The highest BCUT2D eigenvalue weighted by Gasteiger charge is 2.31. The highest BCUT2D eigenvalue weighted by molar-refractivity contribution is 5.82. The molecule has 1 aromatic rings. The van der Waals surface area contributed by atoms with E-state index in [-0.39, 0.29) is 18.1 Å².